The number of hydrogen-bond acceptors (Lipinski definition) is 2. The molecule has 1 heterocycles. The normalized spacial score (nSPS) is 13.2. The molecule has 92 valence electrons. The van der Waals surface area contributed by atoms with Gasteiger partial charge in [0.25, 0.3) is 0 Å². The molecule has 0 saturated heterocycles. The molecule has 0 radical (unpaired) electrons. The fourth-order valence-electron chi connectivity index (χ4n) is 1.97. The van der Waals surface area contributed by atoms with Crippen LogP contribution in [0.3, 0.4) is 0 Å². The third-order valence-electron chi connectivity index (χ3n) is 2.83. The van der Waals surface area contributed by atoms with Crippen molar-refractivity contribution in [3.63, 3.8) is 0 Å². The summed E-state index contributed by atoms with van der Waals surface area (Å²) in [6.45, 7) is 2.49. The summed E-state index contributed by atoms with van der Waals surface area (Å²) >= 11 is 0. The molecule has 0 amide bonds. The van der Waals surface area contributed by atoms with Crippen LogP contribution in [-0.2, 0) is 0 Å². The number of nitrogens with zero attached hydrogens (tertiary/aromatic N) is 1. The van der Waals surface area contributed by atoms with Crippen LogP contribution in [0.5, 0.6) is 0 Å². The summed E-state index contributed by atoms with van der Waals surface area (Å²) in [5.74, 6) is -0.552. The molecule has 17 heavy (non-hydrogen) atoms. The highest BCUT2D eigenvalue weighted by molar-refractivity contribution is 5.75. The minimum Gasteiger partial charge on any atom is -0.342 e. The molecule has 0 bridgehead atoms. The van der Waals surface area contributed by atoms with Gasteiger partial charge in [0.2, 0.25) is 0 Å². The van der Waals surface area contributed by atoms with E-state index in [0.717, 1.165) is 18.9 Å². The van der Waals surface area contributed by atoms with E-state index in [9.17, 15) is 8.78 Å². The van der Waals surface area contributed by atoms with Crippen LogP contribution in [0, 0.1) is 11.6 Å². The number of rotatable bonds is 4. The van der Waals surface area contributed by atoms with Crippen LogP contribution < -0.4 is 5.73 Å². The Morgan fingerprint density at radius 1 is 1.41 bits per heavy atom. The van der Waals surface area contributed by atoms with Crippen LogP contribution in [-0.4, -0.2) is 16.5 Å². The summed E-state index contributed by atoms with van der Waals surface area (Å²) in [7, 11) is 0. The Hall–Kier alpha value is -1.49. The average molecular weight is 239 g/mol. The largest absolute Gasteiger partial charge is 0.342 e. The molecule has 2 aromatic rings. The molecule has 2 rings (SSSR count). The van der Waals surface area contributed by atoms with Gasteiger partial charge in [0, 0.05) is 18.5 Å². The van der Waals surface area contributed by atoms with E-state index >= 15 is 0 Å². The molecular formula is C12H15F2N3. The summed E-state index contributed by atoms with van der Waals surface area (Å²) in [5, 5.41) is 0. The van der Waals surface area contributed by atoms with E-state index in [1.165, 1.54) is 6.07 Å². The predicted molar refractivity (Wildman–Crippen MR) is 62.7 cm³/mol. The fraction of sp³-hybridized carbons (Fsp3) is 0.417. The molecule has 0 aliphatic rings. The maximum atomic E-state index is 13.5. The SMILES string of the molecule is CCCC(CN)c1nc2c(F)cc(F)cc2[nH]1. The number of aromatic nitrogens is 2. The number of fused-ring (bicyclic) bond motifs is 1. The lowest BCUT2D eigenvalue weighted by atomic mass is 10.0. The number of nitrogens with two attached hydrogens (primary N) is 1. The average Bonchev–Trinajstić information content (AvgIpc) is 2.69. The molecule has 0 aliphatic carbocycles. The Morgan fingerprint density at radius 3 is 2.82 bits per heavy atom. The van der Waals surface area contributed by atoms with E-state index in [1.54, 1.807) is 0 Å². The van der Waals surface area contributed by atoms with Crippen LogP contribution >= 0.6 is 0 Å². The highest BCUT2D eigenvalue weighted by atomic mass is 19.1. The van der Waals surface area contributed by atoms with Gasteiger partial charge in [-0.15, -0.1) is 0 Å². The van der Waals surface area contributed by atoms with E-state index in [2.05, 4.69) is 9.97 Å². The van der Waals surface area contributed by atoms with Crippen molar-refractivity contribution >= 4 is 11.0 Å². The van der Waals surface area contributed by atoms with Crippen molar-refractivity contribution in [3.8, 4) is 0 Å². The van der Waals surface area contributed by atoms with Crippen molar-refractivity contribution in [2.24, 2.45) is 5.73 Å². The second-order valence-corrected chi connectivity index (χ2v) is 4.13. The fourth-order valence-corrected chi connectivity index (χ4v) is 1.97. The van der Waals surface area contributed by atoms with E-state index in [1.807, 2.05) is 6.92 Å². The lowest BCUT2D eigenvalue weighted by Crippen LogP contribution is -2.13. The van der Waals surface area contributed by atoms with Crippen LogP contribution in [0.1, 0.15) is 31.5 Å². The summed E-state index contributed by atoms with van der Waals surface area (Å²) in [5.41, 5.74) is 6.21. The topological polar surface area (TPSA) is 54.7 Å². The van der Waals surface area contributed by atoms with Gasteiger partial charge in [0.05, 0.1) is 5.52 Å². The van der Waals surface area contributed by atoms with Crippen molar-refractivity contribution in [3.05, 3.63) is 29.6 Å². The molecule has 1 aromatic heterocycles. The Morgan fingerprint density at radius 2 is 2.18 bits per heavy atom. The summed E-state index contributed by atoms with van der Waals surface area (Å²) in [6.07, 6.45) is 1.84. The van der Waals surface area contributed by atoms with E-state index in [-0.39, 0.29) is 11.4 Å². The first-order valence-electron chi connectivity index (χ1n) is 5.70. The molecule has 1 unspecified atom stereocenters. The van der Waals surface area contributed by atoms with Gasteiger partial charge in [-0.3, -0.25) is 0 Å². The number of nitrogens with one attached hydrogen (secondary N) is 1. The van der Waals surface area contributed by atoms with E-state index in [0.29, 0.717) is 17.9 Å². The standard InChI is InChI=1S/C12H15F2N3/c1-2-3-7(6-15)12-16-10-5-8(13)4-9(14)11(10)17-12/h4-5,7H,2-3,6,15H2,1H3,(H,16,17). The lowest BCUT2D eigenvalue weighted by Gasteiger charge is -2.09. The Kier molecular flexibility index (Phi) is 3.38. The number of benzene rings is 1. The Labute approximate surface area is 98.0 Å². The molecule has 0 saturated carbocycles. The third-order valence-corrected chi connectivity index (χ3v) is 2.83. The molecule has 1 aromatic carbocycles. The van der Waals surface area contributed by atoms with Gasteiger partial charge in [-0.2, -0.15) is 0 Å². The molecule has 0 aliphatic heterocycles. The Balaban J connectivity index is 2.46. The summed E-state index contributed by atoms with van der Waals surface area (Å²) < 4.78 is 26.5. The Bertz CT molecular complexity index is 522. The minimum atomic E-state index is -0.644. The van der Waals surface area contributed by atoms with Gasteiger partial charge in [-0.25, -0.2) is 13.8 Å². The van der Waals surface area contributed by atoms with Gasteiger partial charge in [-0.05, 0) is 12.5 Å². The van der Waals surface area contributed by atoms with E-state index < -0.39 is 11.6 Å². The van der Waals surface area contributed by atoms with Crippen LogP contribution in [0.2, 0.25) is 0 Å². The maximum absolute atomic E-state index is 13.5. The van der Waals surface area contributed by atoms with Crippen LogP contribution in [0.4, 0.5) is 8.78 Å². The number of imidazole rings is 1. The summed E-state index contributed by atoms with van der Waals surface area (Å²) in [6, 6.07) is 2.08. The lowest BCUT2D eigenvalue weighted by molar-refractivity contribution is 0.588. The molecular weight excluding hydrogens is 224 g/mol. The van der Waals surface area contributed by atoms with Crippen LogP contribution in [0.25, 0.3) is 11.0 Å². The first-order chi connectivity index (χ1) is 8.15. The number of H-pyrrole nitrogens is 1. The summed E-state index contributed by atoms with van der Waals surface area (Å²) in [4.78, 5) is 7.11. The number of halogens is 2. The smallest absolute Gasteiger partial charge is 0.153 e. The molecule has 1 atom stereocenters. The van der Waals surface area contributed by atoms with Crippen LogP contribution in [0.15, 0.2) is 12.1 Å². The van der Waals surface area contributed by atoms with Crippen molar-refractivity contribution in [2.75, 3.05) is 6.54 Å². The molecule has 3 N–H and O–H groups in total. The van der Waals surface area contributed by atoms with E-state index in [4.69, 9.17) is 5.73 Å². The van der Waals surface area contributed by atoms with Crippen molar-refractivity contribution in [1.29, 1.82) is 0 Å². The first-order valence-corrected chi connectivity index (χ1v) is 5.70. The van der Waals surface area contributed by atoms with Gasteiger partial charge in [-0.1, -0.05) is 13.3 Å². The third kappa shape index (κ3) is 2.29. The zero-order valence-corrected chi connectivity index (χ0v) is 9.63. The molecule has 5 heteroatoms. The van der Waals surface area contributed by atoms with Gasteiger partial charge in [0.15, 0.2) is 5.82 Å². The van der Waals surface area contributed by atoms with Crippen molar-refractivity contribution in [1.82, 2.24) is 9.97 Å². The highest BCUT2D eigenvalue weighted by Crippen LogP contribution is 2.23. The van der Waals surface area contributed by atoms with Crippen molar-refractivity contribution < 1.29 is 8.78 Å². The highest BCUT2D eigenvalue weighted by Gasteiger charge is 2.15. The predicted octanol–water partition coefficient (Wildman–Crippen LogP) is 2.68. The van der Waals surface area contributed by atoms with Gasteiger partial charge < -0.3 is 10.7 Å². The van der Waals surface area contributed by atoms with Crippen molar-refractivity contribution in [2.45, 2.75) is 25.7 Å². The molecule has 0 spiro atoms. The van der Waals surface area contributed by atoms with Gasteiger partial charge >= 0.3 is 0 Å². The molecule has 0 fully saturated rings. The zero-order chi connectivity index (χ0) is 12.4. The quantitative estimate of drug-likeness (QED) is 0.861. The number of hydrogen-bond donors (Lipinski definition) is 2. The monoisotopic (exact) mass is 239 g/mol. The second-order valence-electron chi connectivity index (χ2n) is 4.13. The number of aromatic amines is 1. The molecule has 3 nitrogen and oxygen atoms in total. The van der Waals surface area contributed by atoms with Gasteiger partial charge in [0.1, 0.15) is 17.2 Å². The zero-order valence-electron chi connectivity index (χ0n) is 9.63. The first kappa shape index (κ1) is 12.0. The minimum absolute atomic E-state index is 0.0647. The second kappa shape index (κ2) is 4.79. The maximum Gasteiger partial charge on any atom is 0.153 e.